The van der Waals surface area contributed by atoms with E-state index in [0.717, 1.165) is 16.3 Å². The molecule has 0 unspecified atom stereocenters. The maximum absolute atomic E-state index is 5.79. The molecule has 0 atom stereocenters. The van der Waals surface area contributed by atoms with Gasteiger partial charge in [0.2, 0.25) is 0 Å². The first-order valence-electron chi connectivity index (χ1n) is 5.49. The molecule has 0 bridgehead atoms. The number of hydrogen-bond donors (Lipinski definition) is 1. The third-order valence-electron chi connectivity index (χ3n) is 2.45. The number of nitrogens with zero attached hydrogens (tertiary/aromatic N) is 5. The molecule has 2 aromatic heterocycles. The largest absolute Gasteiger partial charge is 0.380 e. The highest BCUT2D eigenvalue weighted by Crippen LogP contribution is 2.20. The standard InChI is InChI=1S/C11H9ClN6S/c12-11-14-6-10(19-11)5-13-8-2-1-3-9(4-8)18-7-15-16-17-18/h1-4,6-7,13H,5H2. The van der Waals surface area contributed by atoms with Crippen LogP contribution in [0.3, 0.4) is 0 Å². The minimum absolute atomic E-state index is 0.555. The molecule has 1 N–H and O–H groups in total. The Hall–Kier alpha value is -1.99. The minimum Gasteiger partial charge on any atom is -0.380 e. The molecule has 2 heterocycles. The summed E-state index contributed by atoms with van der Waals surface area (Å²) in [5, 5.41) is 14.4. The normalized spacial score (nSPS) is 10.6. The van der Waals surface area contributed by atoms with Crippen molar-refractivity contribution >= 4 is 28.6 Å². The molecule has 19 heavy (non-hydrogen) atoms. The summed E-state index contributed by atoms with van der Waals surface area (Å²) in [5.74, 6) is 0. The van der Waals surface area contributed by atoms with Crippen LogP contribution in [0.15, 0.2) is 36.8 Å². The summed E-state index contributed by atoms with van der Waals surface area (Å²) < 4.78 is 2.16. The predicted octanol–water partition coefficient (Wildman–Crippen LogP) is 2.38. The SMILES string of the molecule is Clc1ncc(CNc2cccc(-n3cnnn3)c2)s1. The van der Waals surface area contributed by atoms with Gasteiger partial charge in [-0.05, 0) is 28.6 Å². The van der Waals surface area contributed by atoms with E-state index in [1.807, 2.05) is 24.3 Å². The monoisotopic (exact) mass is 292 g/mol. The molecule has 0 fully saturated rings. The van der Waals surface area contributed by atoms with Crippen LogP contribution in [0, 0.1) is 0 Å². The summed E-state index contributed by atoms with van der Waals surface area (Å²) in [5.41, 5.74) is 1.88. The Balaban J connectivity index is 1.73. The first-order valence-corrected chi connectivity index (χ1v) is 6.68. The molecule has 6 nitrogen and oxygen atoms in total. The molecule has 1 aromatic carbocycles. The zero-order chi connectivity index (χ0) is 13.1. The number of nitrogens with one attached hydrogen (secondary N) is 1. The fourth-order valence-corrected chi connectivity index (χ4v) is 2.51. The third kappa shape index (κ3) is 2.88. The summed E-state index contributed by atoms with van der Waals surface area (Å²) in [4.78, 5) is 5.08. The van der Waals surface area contributed by atoms with E-state index in [4.69, 9.17) is 11.6 Å². The van der Waals surface area contributed by atoms with Crippen molar-refractivity contribution in [1.29, 1.82) is 0 Å². The lowest BCUT2D eigenvalue weighted by molar-refractivity contribution is 0.789. The first-order chi connectivity index (χ1) is 9.31. The van der Waals surface area contributed by atoms with Gasteiger partial charge in [-0.25, -0.2) is 9.67 Å². The van der Waals surface area contributed by atoms with E-state index < -0.39 is 0 Å². The summed E-state index contributed by atoms with van der Waals surface area (Å²) >= 11 is 7.25. The minimum atomic E-state index is 0.555. The molecule has 0 aliphatic heterocycles. The number of aromatic nitrogens is 5. The molecule has 0 saturated heterocycles. The van der Waals surface area contributed by atoms with Gasteiger partial charge < -0.3 is 5.32 Å². The van der Waals surface area contributed by atoms with E-state index in [-0.39, 0.29) is 0 Å². The first kappa shape index (κ1) is 12.1. The average Bonchev–Trinajstić information content (AvgIpc) is 3.08. The number of halogens is 1. The highest BCUT2D eigenvalue weighted by atomic mass is 35.5. The lowest BCUT2D eigenvalue weighted by atomic mass is 10.3. The molecule has 0 radical (unpaired) electrons. The van der Waals surface area contributed by atoms with E-state index in [2.05, 4.69) is 25.8 Å². The van der Waals surface area contributed by atoms with Crippen LogP contribution in [0.2, 0.25) is 4.47 Å². The number of rotatable bonds is 4. The van der Waals surface area contributed by atoms with Gasteiger partial charge in [-0.3, -0.25) is 0 Å². The topological polar surface area (TPSA) is 68.5 Å². The molecule has 0 saturated carbocycles. The van der Waals surface area contributed by atoms with Gasteiger partial charge in [-0.1, -0.05) is 17.7 Å². The fraction of sp³-hybridized carbons (Fsp3) is 0.0909. The van der Waals surface area contributed by atoms with Crippen LogP contribution in [0.4, 0.5) is 5.69 Å². The predicted molar refractivity (Wildman–Crippen MR) is 73.6 cm³/mol. The summed E-state index contributed by atoms with van der Waals surface area (Å²) in [6.07, 6.45) is 3.33. The van der Waals surface area contributed by atoms with Gasteiger partial charge in [0, 0.05) is 16.8 Å². The molecule has 3 rings (SSSR count). The number of tetrazole rings is 1. The van der Waals surface area contributed by atoms with Crippen molar-refractivity contribution in [2.75, 3.05) is 5.32 Å². The molecule has 0 aliphatic carbocycles. The van der Waals surface area contributed by atoms with E-state index >= 15 is 0 Å². The maximum Gasteiger partial charge on any atom is 0.183 e. The zero-order valence-corrected chi connectivity index (χ0v) is 11.3. The quantitative estimate of drug-likeness (QED) is 0.799. The van der Waals surface area contributed by atoms with E-state index in [0.29, 0.717) is 11.0 Å². The van der Waals surface area contributed by atoms with Crippen molar-refractivity contribution < 1.29 is 0 Å². The van der Waals surface area contributed by atoms with Crippen molar-refractivity contribution in [2.24, 2.45) is 0 Å². The number of benzene rings is 1. The van der Waals surface area contributed by atoms with Gasteiger partial charge in [-0.2, -0.15) is 0 Å². The Kier molecular flexibility index (Phi) is 3.39. The Labute approximate surface area is 118 Å². The van der Waals surface area contributed by atoms with Crippen molar-refractivity contribution in [1.82, 2.24) is 25.2 Å². The molecule has 0 spiro atoms. The Morgan fingerprint density at radius 3 is 3.05 bits per heavy atom. The third-order valence-corrected chi connectivity index (χ3v) is 3.57. The van der Waals surface area contributed by atoms with E-state index in [1.165, 1.54) is 11.3 Å². The van der Waals surface area contributed by atoms with Gasteiger partial charge in [0.05, 0.1) is 12.2 Å². The van der Waals surface area contributed by atoms with Crippen molar-refractivity contribution in [3.63, 3.8) is 0 Å². The molecule has 0 aliphatic rings. The van der Waals surface area contributed by atoms with E-state index in [1.54, 1.807) is 17.2 Å². The van der Waals surface area contributed by atoms with Gasteiger partial charge in [0.1, 0.15) is 6.33 Å². The number of hydrogen-bond acceptors (Lipinski definition) is 6. The van der Waals surface area contributed by atoms with Gasteiger partial charge in [0.15, 0.2) is 4.47 Å². The highest BCUT2D eigenvalue weighted by molar-refractivity contribution is 7.15. The van der Waals surface area contributed by atoms with Crippen molar-refractivity contribution in [3.8, 4) is 5.69 Å². The fourth-order valence-electron chi connectivity index (χ4n) is 1.59. The lowest BCUT2D eigenvalue weighted by Gasteiger charge is -2.06. The van der Waals surface area contributed by atoms with Gasteiger partial charge in [-0.15, -0.1) is 16.4 Å². The molecule has 0 amide bonds. The van der Waals surface area contributed by atoms with Crippen LogP contribution in [0.1, 0.15) is 4.88 Å². The van der Waals surface area contributed by atoms with Gasteiger partial charge >= 0.3 is 0 Å². The molecule has 3 aromatic rings. The summed E-state index contributed by atoms with van der Waals surface area (Å²) in [6.45, 7) is 0.684. The smallest absolute Gasteiger partial charge is 0.183 e. The molecule has 96 valence electrons. The van der Waals surface area contributed by atoms with Crippen LogP contribution in [0.5, 0.6) is 0 Å². The second-order valence-corrected chi connectivity index (χ2v) is 5.44. The highest BCUT2D eigenvalue weighted by Gasteiger charge is 2.02. The Morgan fingerprint density at radius 2 is 2.32 bits per heavy atom. The van der Waals surface area contributed by atoms with Crippen molar-refractivity contribution in [2.45, 2.75) is 6.54 Å². The molecular formula is C11H9ClN6S. The average molecular weight is 293 g/mol. The van der Waals surface area contributed by atoms with E-state index in [9.17, 15) is 0 Å². The molecular weight excluding hydrogens is 284 g/mol. The summed E-state index contributed by atoms with van der Waals surface area (Å²) in [6, 6.07) is 7.83. The van der Waals surface area contributed by atoms with Gasteiger partial charge in [0.25, 0.3) is 0 Å². The number of anilines is 1. The Morgan fingerprint density at radius 1 is 1.37 bits per heavy atom. The van der Waals surface area contributed by atoms with Crippen LogP contribution in [-0.2, 0) is 6.54 Å². The molecule has 8 heteroatoms. The maximum atomic E-state index is 5.79. The van der Waals surface area contributed by atoms with Crippen LogP contribution in [-0.4, -0.2) is 25.2 Å². The lowest BCUT2D eigenvalue weighted by Crippen LogP contribution is -2.00. The summed E-state index contributed by atoms with van der Waals surface area (Å²) in [7, 11) is 0. The van der Waals surface area contributed by atoms with Crippen molar-refractivity contribution in [3.05, 3.63) is 46.1 Å². The Bertz CT molecular complexity index is 665. The number of thiazole rings is 1. The van der Waals surface area contributed by atoms with Crippen LogP contribution < -0.4 is 5.32 Å². The second-order valence-electron chi connectivity index (χ2n) is 3.74. The zero-order valence-electron chi connectivity index (χ0n) is 9.69. The van der Waals surface area contributed by atoms with Crippen LogP contribution in [0.25, 0.3) is 5.69 Å². The van der Waals surface area contributed by atoms with Crippen LogP contribution >= 0.6 is 22.9 Å². The second kappa shape index (κ2) is 5.33.